The highest BCUT2D eigenvalue weighted by molar-refractivity contribution is 7.09. The lowest BCUT2D eigenvalue weighted by atomic mass is 9.96. The van der Waals surface area contributed by atoms with Gasteiger partial charge in [-0.05, 0) is 36.4 Å². The Morgan fingerprint density at radius 1 is 1.09 bits per heavy atom. The van der Waals surface area contributed by atoms with E-state index >= 15 is 0 Å². The van der Waals surface area contributed by atoms with Crippen LogP contribution >= 0.6 is 11.3 Å². The summed E-state index contributed by atoms with van der Waals surface area (Å²) in [6.45, 7) is 1.70. The summed E-state index contributed by atoms with van der Waals surface area (Å²) < 4.78 is 11.3. The molecular weight excluding hydrogens is 426 g/mol. The van der Waals surface area contributed by atoms with Gasteiger partial charge < -0.3 is 24.7 Å². The SMILES string of the molecule is O=C(NC1CCCCC1)N(Cc1cccs1)Cc1cc2cc3c(cc2[nH]c1=O)OCCO3. The Bertz CT molecular complexity index is 1150. The quantitative estimate of drug-likeness (QED) is 0.600. The Hall–Kier alpha value is -3.00. The minimum atomic E-state index is -0.198. The second-order valence-electron chi connectivity index (χ2n) is 8.43. The summed E-state index contributed by atoms with van der Waals surface area (Å²) in [5, 5.41) is 6.05. The summed E-state index contributed by atoms with van der Waals surface area (Å²) >= 11 is 1.61. The summed E-state index contributed by atoms with van der Waals surface area (Å²) in [6.07, 6.45) is 5.56. The molecule has 168 valence electrons. The van der Waals surface area contributed by atoms with E-state index in [9.17, 15) is 9.59 Å². The predicted molar refractivity (Wildman–Crippen MR) is 125 cm³/mol. The third kappa shape index (κ3) is 4.60. The maximum absolute atomic E-state index is 13.2. The minimum Gasteiger partial charge on any atom is -0.486 e. The van der Waals surface area contributed by atoms with Gasteiger partial charge in [0.15, 0.2) is 11.5 Å². The third-order valence-corrected chi connectivity index (χ3v) is 6.95. The molecule has 0 atom stereocenters. The zero-order valence-electron chi connectivity index (χ0n) is 17.9. The molecule has 0 bridgehead atoms. The molecule has 2 aromatic heterocycles. The highest BCUT2D eigenvalue weighted by Crippen LogP contribution is 2.33. The number of hydrogen-bond acceptors (Lipinski definition) is 5. The summed E-state index contributed by atoms with van der Waals surface area (Å²) in [5.74, 6) is 1.31. The van der Waals surface area contributed by atoms with Gasteiger partial charge >= 0.3 is 6.03 Å². The number of hydrogen-bond donors (Lipinski definition) is 2. The summed E-state index contributed by atoms with van der Waals surface area (Å²) in [6, 6.07) is 9.61. The number of nitrogens with one attached hydrogen (secondary N) is 2. The Morgan fingerprint density at radius 3 is 2.62 bits per heavy atom. The second-order valence-corrected chi connectivity index (χ2v) is 9.46. The first-order valence-corrected chi connectivity index (χ1v) is 12.1. The summed E-state index contributed by atoms with van der Waals surface area (Å²) in [7, 11) is 0. The van der Waals surface area contributed by atoms with Crippen LogP contribution in [0, 0.1) is 0 Å². The van der Waals surface area contributed by atoms with Gasteiger partial charge in [-0.1, -0.05) is 25.3 Å². The fourth-order valence-electron chi connectivity index (χ4n) is 4.41. The number of aromatic amines is 1. The first-order valence-electron chi connectivity index (χ1n) is 11.2. The van der Waals surface area contributed by atoms with Gasteiger partial charge in [-0.2, -0.15) is 0 Å². The number of pyridine rings is 1. The smallest absolute Gasteiger partial charge is 0.318 e. The Morgan fingerprint density at radius 2 is 1.88 bits per heavy atom. The van der Waals surface area contributed by atoms with Crippen molar-refractivity contribution in [2.45, 2.75) is 51.2 Å². The van der Waals surface area contributed by atoms with Gasteiger partial charge in [-0.25, -0.2) is 4.79 Å². The molecular formula is C24H27N3O4S. The van der Waals surface area contributed by atoms with Crippen LogP contribution in [-0.4, -0.2) is 35.2 Å². The molecule has 1 aliphatic carbocycles. The molecule has 0 unspecified atom stereocenters. The molecule has 1 aliphatic heterocycles. The summed E-state index contributed by atoms with van der Waals surface area (Å²) in [4.78, 5) is 31.8. The normalized spacial score (nSPS) is 16.1. The van der Waals surface area contributed by atoms with Crippen LogP contribution in [0.15, 0.2) is 40.5 Å². The number of fused-ring (bicyclic) bond motifs is 2. The van der Waals surface area contributed by atoms with Crippen LogP contribution in [0.3, 0.4) is 0 Å². The molecule has 2 N–H and O–H groups in total. The number of urea groups is 1. The monoisotopic (exact) mass is 453 g/mol. The van der Waals surface area contributed by atoms with Crippen molar-refractivity contribution in [1.82, 2.24) is 15.2 Å². The summed E-state index contributed by atoms with van der Waals surface area (Å²) in [5.41, 5.74) is 1.04. The largest absolute Gasteiger partial charge is 0.486 e. The third-order valence-electron chi connectivity index (χ3n) is 6.09. The van der Waals surface area contributed by atoms with Crippen molar-refractivity contribution in [1.29, 1.82) is 0 Å². The topological polar surface area (TPSA) is 83.7 Å². The lowest BCUT2D eigenvalue weighted by Gasteiger charge is -2.28. The van der Waals surface area contributed by atoms with Crippen LogP contribution < -0.4 is 20.3 Å². The maximum Gasteiger partial charge on any atom is 0.318 e. The van der Waals surface area contributed by atoms with E-state index in [1.165, 1.54) is 6.42 Å². The van der Waals surface area contributed by atoms with Gasteiger partial charge in [0.05, 0.1) is 18.6 Å². The molecule has 1 saturated carbocycles. The molecule has 0 saturated heterocycles. The fraction of sp³-hybridized carbons (Fsp3) is 0.417. The zero-order chi connectivity index (χ0) is 21.9. The van der Waals surface area contributed by atoms with E-state index in [0.29, 0.717) is 42.3 Å². The molecule has 2 amide bonds. The molecule has 3 heterocycles. The molecule has 0 spiro atoms. The molecule has 0 radical (unpaired) electrons. The van der Waals surface area contributed by atoms with E-state index in [1.807, 2.05) is 29.6 Å². The van der Waals surface area contributed by atoms with Crippen LogP contribution in [0.25, 0.3) is 10.9 Å². The number of carbonyl (C=O) groups is 1. The molecule has 32 heavy (non-hydrogen) atoms. The zero-order valence-corrected chi connectivity index (χ0v) is 18.7. The first kappa shape index (κ1) is 20.9. The Kier molecular flexibility index (Phi) is 6.03. The van der Waals surface area contributed by atoms with Crippen molar-refractivity contribution < 1.29 is 14.3 Å². The van der Waals surface area contributed by atoms with Crippen molar-refractivity contribution in [3.05, 3.63) is 56.5 Å². The van der Waals surface area contributed by atoms with Crippen LogP contribution in [0.4, 0.5) is 4.79 Å². The van der Waals surface area contributed by atoms with Crippen molar-refractivity contribution in [2.75, 3.05) is 13.2 Å². The van der Waals surface area contributed by atoms with Crippen LogP contribution in [0.5, 0.6) is 11.5 Å². The average Bonchev–Trinajstić information content (AvgIpc) is 3.32. The van der Waals surface area contributed by atoms with Gasteiger partial charge in [-0.3, -0.25) is 4.79 Å². The first-order chi connectivity index (χ1) is 15.7. The molecule has 1 fully saturated rings. The van der Waals surface area contributed by atoms with E-state index in [1.54, 1.807) is 22.3 Å². The van der Waals surface area contributed by atoms with Crippen LogP contribution in [0.2, 0.25) is 0 Å². The van der Waals surface area contributed by atoms with Crippen molar-refractivity contribution in [3.8, 4) is 11.5 Å². The van der Waals surface area contributed by atoms with Crippen molar-refractivity contribution in [3.63, 3.8) is 0 Å². The van der Waals surface area contributed by atoms with E-state index in [-0.39, 0.29) is 24.2 Å². The number of aromatic nitrogens is 1. The highest BCUT2D eigenvalue weighted by atomic mass is 32.1. The molecule has 8 heteroatoms. The number of thiophene rings is 1. The predicted octanol–water partition coefficient (Wildman–Crippen LogP) is 4.41. The number of carbonyl (C=O) groups excluding carboxylic acids is 1. The number of rotatable bonds is 5. The maximum atomic E-state index is 13.2. The molecule has 5 rings (SSSR count). The number of amides is 2. The van der Waals surface area contributed by atoms with E-state index in [0.717, 1.165) is 35.9 Å². The van der Waals surface area contributed by atoms with Gasteiger partial charge in [-0.15, -0.1) is 11.3 Å². The fourth-order valence-corrected chi connectivity index (χ4v) is 5.13. The van der Waals surface area contributed by atoms with E-state index < -0.39 is 0 Å². The van der Waals surface area contributed by atoms with E-state index in [2.05, 4.69) is 10.3 Å². The molecule has 2 aliphatic rings. The number of ether oxygens (including phenoxy) is 2. The van der Waals surface area contributed by atoms with Crippen LogP contribution in [-0.2, 0) is 13.1 Å². The van der Waals surface area contributed by atoms with Crippen LogP contribution in [0.1, 0.15) is 42.5 Å². The highest BCUT2D eigenvalue weighted by Gasteiger charge is 2.22. The number of benzene rings is 1. The van der Waals surface area contributed by atoms with Gasteiger partial charge in [0.25, 0.3) is 5.56 Å². The minimum absolute atomic E-state index is 0.119. The number of nitrogens with zero attached hydrogens (tertiary/aromatic N) is 1. The van der Waals surface area contributed by atoms with E-state index in [4.69, 9.17) is 9.47 Å². The Balaban J connectivity index is 1.41. The van der Waals surface area contributed by atoms with Crippen molar-refractivity contribution >= 4 is 28.3 Å². The second kappa shape index (κ2) is 9.24. The lowest BCUT2D eigenvalue weighted by Crippen LogP contribution is -2.45. The lowest BCUT2D eigenvalue weighted by molar-refractivity contribution is 0.172. The van der Waals surface area contributed by atoms with Crippen molar-refractivity contribution in [2.24, 2.45) is 0 Å². The number of H-pyrrole nitrogens is 1. The van der Waals surface area contributed by atoms with Gasteiger partial charge in [0.2, 0.25) is 0 Å². The molecule has 3 aromatic rings. The molecule has 7 nitrogen and oxygen atoms in total. The van der Waals surface area contributed by atoms with Gasteiger partial charge in [0.1, 0.15) is 13.2 Å². The Labute approximate surface area is 190 Å². The van der Waals surface area contributed by atoms with Gasteiger partial charge in [0, 0.05) is 27.9 Å². The average molecular weight is 454 g/mol. The molecule has 1 aromatic carbocycles. The standard InChI is InChI=1S/C24H27N3O4S/c28-23-17(11-16-12-21-22(13-20(16)26-23)31-9-8-30-21)14-27(15-19-7-4-10-32-19)24(29)25-18-5-2-1-3-6-18/h4,7,10-13,18H,1-3,5-6,8-9,14-15H2,(H,25,29)(H,26,28).